The van der Waals surface area contributed by atoms with E-state index in [1.807, 2.05) is 67.6 Å². The molecule has 0 saturated carbocycles. The van der Waals surface area contributed by atoms with Crippen LogP contribution in [0.4, 0.5) is 0 Å². The molecule has 1 amide bonds. The number of para-hydroxylation sites is 2. The molecule has 1 N–H and O–H groups in total. The Hall–Kier alpha value is -3.60. The SMILES string of the molecule is C/C(=N/NC(=O)[C@@H]1COc2ccccc2O1)c1ccc(-c2ccccc2)cc1. The molecule has 5 nitrogen and oxygen atoms in total. The summed E-state index contributed by atoms with van der Waals surface area (Å²) in [5, 5.41) is 4.21. The van der Waals surface area contributed by atoms with Crippen LogP contribution in [0, 0.1) is 0 Å². The molecule has 3 aromatic rings. The number of rotatable bonds is 4. The van der Waals surface area contributed by atoms with E-state index < -0.39 is 6.10 Å². The molecule has 1 aliphatic heterocycles. The second kappa shape index (κ2) is 7.96. The van der Waals surface area contributed by atoms with Crippen LogP contribution in [0.1, 0.15) is 12.5 Å². The molecule has 1 atom stereocenters. The first-order valence-electron chi connectivity index (χ1n) is 9.09. The van der Waals surface area contributed by atoms with Crippen LogP contribution in [0.5, 0.6) is 11.5 Å². The van der Waals surface area contributed by atoms with Crippen molar-refractivity contribution in [3.05, 3.63) is 84.4 Å². The predicted octanol–water partition coefficient (Wildman–Crippen LogP) is 4.03. The number of benzene rings is 3. The molecule has 0 spiro atoms. The molecule has 5 heteroatoms. The molecule has 28 heavy (non-hydrogen) atoms. The fourth-order valence-electron chi connectivity index (χ4n) is 2.96. The van der Waals surface area contributed by atoms with Crippen LogP contribution < -0.4 is 14.9 Å². The molecule has 0 fully saturated rings. The van der Waals surface area contributed by atoms with Crippen molar-refractivity contribution in [3.8, 4) is 22.6 Å². The number of nitrogens with one attached hydrogen (secondary N) is 1. The van der Waals surface area contributed by atoms with Gasteiger partial charge in [-0.2, -0.15) is 5.10 Å². The van der Waals surface area contributed by atoms with Crippen LogP contribution in [-0.2, 0) is 4.79 Å². The Balaban J connectivity index is 1.40. The molecule has 0 radical (unpaired) electrons. The van der Waals surface area contributed by atoms with E-state index in [2.05, 4.69) is 22.7 Å². The maximum atomic E-state index is 12.4. The normalized spacial score (nSPS) is 15.8. The molecule has 1 aliphatic rings. The molecular formula is C23H20N2O3. The summed E-state index contributed by atoms with van der Waals surface area (Å²) in [5.41, 5.74) is 6.51. The van der Waals surface area contributed by atoms with E-state index in [-0.39, 0.29) is 12.5 Å². The van der Waals surface area contributed by atoms with Crippen LogP contribution in [-0.4, -0.2) is 24.3 Å². The van der Waals surface area contributed by atoms with Gasteiger partial charge in [-0.05, 0) is 35.7 Å². The number of hydrazone groups is 1. The molecule has 3 aromatic carbocycles. The second-order valence-corrected chi connectivity index (χ2v) is 6.48. The lowest BCUT2D eigenvalue weighted by Crippen LogP contribution is -2.42. The standard InChI is InChI=1S/C23H20N2O3/c1-16(17-11-13-19(14-12-17)18-7-3-2-4-8-18)24-25-23(26)22-15-27-20-9-5-6-10-21(20)28-22/h2-14,22H,15H2,1H3,(H,25,26)/b24-16-/t22-/m0/s1. The molecule has 4 rings (SSSR count). The fraction of sp³-hybridized carbons (Fsp3) is 0.130. The second-order valence-electron chi connectivity index (χ2n) is 6.48. The van der Waals surface area contributed by atoms with Gasteiger partial charge in [-0.25, -0.2) is 5.43 Å². The summed E-state index contributed by atoms with van der Waals surface area (Å²) in [4.78, 5) is 12.4. The minimum Gasteiger partial charge on any atom is -0.485 e. The minimum atomic E-state index is -0.730. The zero-order valence-electron chi connectivity index (χ0n) is 15.5. The van der Waals surface area contributed by atoms with Crippen molar-refractivity contribution in [2.75, 3.05) is 6.61 Å². The quantitative estimate of drug-likeness (QED) is 0.556. The number of nitrogens with zero attached hydrogens (tertiary/aromatic N) is 1. The maximum absolute atomic E-state index is 12.4. The van der Waals surface area contributed by atoms with Gasteiger partial charge in [0.1, 0.15) is 6.61 Å². The molecule has 0 unspecified atom stereocenters. The van der Waals surface area contributed by atoms with Gasteiger partial charge in [-0.3, -0.25) is 4.79 Å². The highest BCUT2D eigenvalue weighted by atomic mass is 16.6. The number of amides is 1. The van der Waals surface area contributed by atoms with Crippen LogP contribution in [0.15, 0.2) is 84.0 Å². The summed E-state index contributed by atoms with van der Waals surface area (Å²) in [5.74, 6) is 0.866. The van der Waals surface area contributed by atoms with Crippen LogP contribution in [0.2, 0.25) is 0 Å². The van der Waals surface area contributed by atoms with Gasteiger partial charge in [0, 0.05) is 0 Å². The van der Waals surface area contributed by atoms with E-state index in [4.69, 9.17) is 9.47 Å². The Morgan fingerprint density at radius 2 is 1.54 bits per heavy atom. The zero-order valence-corrected chi connectivity index (χ0v) is 15.5. The Labute approximate surface area is 163 Å². The Bertz CT molecular complexity index is 998. The van der Waals surface area contributed by atoms with E-state index in [1.165, 1.54) is 0 Å². The predicted molar refractivity (Wildman–Crippen MR) is 109 cm³/mol. The van der Waals surface area contributed by atoms with Crippen LogP contribution in [0.25, 0.3) is 11.1 Å². The fourth-order valence-corrected chi connectivity index (χ4v) is 2.96. The summed E-state index contributed by atoms with van der Waals surface area (Å²) < 4.78 is 11.3. The van der Waals surface area contributed by atoms with Gasteiger partial charge in [-0.15, -0.1) is 0 Å². The summed E-state index contributed by atoms with van der Waals surface area (Å²) in [6.45, 7) is 2.01. The molecule has 0 saturated heterocycles. The number of carbonyl (C=O) groups is 1. The van der Waals surface area contributed by atoms with Gasteiger partial charge in [0.05, 0.1) is 5.71 Å². The topological polar surface area (TPSA) is 59.9 Å². The highest BCUT2D eigenvalue weighted by Gasteiger charge is 2.27. The summed E-state index contributed by atoms with van der Waals surface area (Å²) in [6, 6.07) is 25.5. The van der Waals surface area contributed by atoms with E-state index >= 15 is 0 Å². The van der Waals surface area contributed by atoms with E-state index in [1.54, 1.807) is 6.07 Å². The third-order valence-corrected chi connectivity index (χ3v) is 4.54. The van der Waals surface area contributed by atoms with E-state index in [0.717, 1.165) is 16.7 Å². The first kappa shape index (κ1) is 17.8. The molecule has 0 bridgehead atoms. The lowest BCUT2D eigenvalue weighted by atomic mass is 10.0. The zero-order chi connectivity index (χ0) is 19.3. The van der Waals surface area contributed by atoms with Gasteiger partial charge in [0.15, 0.2) is 11.5 Å². The molecule has 0 aliphatic carbocycles. The van der Waals surface area contributed by atoms with Gasteiger partial charge in [0.2, 0.25) is 6.10 Å². The number of ether oxygens (including phenoxy) is 2. The van der Waals surface area contributed by atoms with E-state index in [0.29, 0.717) is 17.2 Å². The van der Waals surface area contributed by atoms with Gasteiger partial charge in [-0.1, -0.05) is 66.7 Å². The third kappa shape index (κ3) is 3.88. The number of hydrogen-bond donors (Lipinski definition) is 1. The van der Waals surface area contributed by atoms with Crippen molar-refractivity contribution < 1.29 is 14.3 Å². The van der Waals surface area contributed by atoms with Crippen molar-refractivity contribution in [2.45, 2.75) is 13.0 Å². The van der Waals surface area contributed by atoms with Crippen molar-refractivity contribution in [2.24, 2.45) is 5.10 Å². The summed E-state index contributed by atoms with van der Waals surface area (Å²) in [7, 11) is 0. The minimum absolute atomic E-state index is 0.156. The molecular weight excluding hydrogens is 352 g/mol. The third-order valence-electron chi connectivity index (χ3n) is 4.54. The largest absolute Gasteiger partial charge is 0.485 e. The smallest absolute Gasteiger partial charge is 0.284 e. The summed E-state index contributed by atoms with van der Waals surface area (Å²) >= 11 is 0. The lowest BCUT2D eigenvalue weighted by molar-refractivity contribution is -0.130. The van der Waals surface area contributed by atoms with Crippen molar-refractivity contribution >= 4 is 11.6 Å². The highest BCUT2D eigenvalue weighted by molar-refractivity contribution is 5.99. The Kier molecular flexibility index (Phi) is 5.06. The monoisotopic (exact) mass is 372 g/mol. The molecule has 0 aromatic heterocycles. The summed E-state index contributed by atoms with van der Waals surface area (Å²) in [6.07, 6.45) is -0.730. The molecule has 140 valence electrons. The average Bonchev–Trinajstić information content (AvgIpc) is 2.77. The number of hydrogen-bond acceptors (Lipinski definition) is 4. The maximum Gasteiger partial charge on any atom is 0.284 e. The van der Waals surface area contributed by atoms with Gasteiger partial charge >= 0.3 is 0 Å². The lowest BCUT2D eigenvalue weighted by Gasteiger charge is -2.24. The number of fused-ring (bicyclic) bond motifs is 1. The van der Waals surface area contributed by atoms with Gasteiger partial charge < -0.3 is 9.47 Å². The van der Waals surface area contributed by atoms with Crippen molar-refractivity contribution in [3.63, 3.8) is 0 Å². The van der Waals surface area contributed by atoms with E-state index in [9.17, 15) is 4.79 Å². The van der Waals surface area contributed by atoms with Crippen LogP contribution in [0.3, 0.4) is 0 Å². The van der Waals surface area contributed by atoms with Gasteiger partial charge in [0.25, 0.3) is 5.91 Å². The Morgan fingerprint density at radius 3 is 2.29 bits per heavy atom. The molecule has 1 heterocycles. The van der Waals surface area contributed by atoms with Crippen molar-refractivity contribution in [1.82, 2.24) is 5.43 Å². The highest BCUT2D eigenvalue weighted by Crippen LogP contribution is 2.30. The first-order chi connectivity index (χ1) is 13.7. The first-order valence-corrected chi connectivity index (χ1v) is 9.09. The van der Waals surface area contributed by atoms with Crippen molar-refractivity contribution in [1.29, 1.82) is 0 Å². The average molecular weight is 372 g/mol. The number of carbonyl (C=O) groups excluding carboxylic acids is 1. The van der Waals surface area contributed by atoms with Crippen LogP contribution >= 0.6 is 0 Å². The Morgan fingerprint density at radius 1 is 0.893 bits per heavy atom.